The highest BCUT2D eigenvalue weighted by Gasteiger charge is 2.18. The van der Waals surface area contributed by atoms with Crippen molar-refractivity contribution in [2.24, 2.45) is 7.05 Å². The van der Waals surface area contributed by atoms with Crippen LogP contribution in [0.5, 0.6) is 5.75 Å². The van der Waals surface area contributed by atoms with Crippen LogP contribution in [0.4, 0.5) is 5.69 Å². The fraction of sp³-hybridized carbons (Fsp3) is 0.0909. The molecule has 1 aromatic carbocycles. The number of rotatable bonds is 4. The highest BCUT2D eigenvalue weighted by atomic mass is 32.2. The van der Waals surface area contributed by atoms with Gasteiger partial charge in [-0.25, -0.2) is 13.2 Å². The smallest absolute Gasteiger partial charge is 0.339 e. The molecule has 3 N–H and O–H groups in total. The van der Waals surface area contributed by atoms with Crippen molar-refractivity contribution >= 4 is 21.7 Å². The summed E-state index contributed by atoms with van der Waals surface area (Å²) >= 11 is 0. The second-order valence-electron chi connectivity index (χ2n) is 3.99. The first-order valence-corrected chi connectivity index (χ1v) is 6.86. The number of nitrogens with zero attached hydrogens (tertiary/aromatic N) is 2. The lowest BCUT2D eigenvalue weighted by Gasteiger charge is -2.07. The number of carbonyl (C=O) groups is 1. The summed E-state index contributed by atoms with van der Waals surface area (Å²) in [6.07, 6.45) is 2.47. The van der Waals surface area contributed by atoms with Gasteiger partial charge in [-0.2, -0.15) is 5.10 Å². The Hall–Kier alpha value is -2.55. The van der Waals surface area contributed by atoms with E-state index in [0.717, 1.165) is 12.1 Å². The highest BCUT2D eigenvalue weighted by molar-refractivity contribution is 7.92. The van der Waals surface area contributed by atoms with Gasteiger partial charge in [0.15, 0.2) is 0 Å². The van der Waals surface area contributed by atoms with E-state index in [1.807, 2.05) is 0 Å². The molecule has 2 aromatic rings. The van der Waals surface area contributed by atoms with Gasteiger partial charge in [-0.3, -0.25) is 9.40 Å². The summed E-state index contributed by atoms with van der Waals surface area (Å²) < 4.78 is 27.6. The fourth-order valence-electron chi connectivity index (χ4n) is 1.52. The Balaban J connectivity index is 2.35. The molecule has 0 saturated carbocycles. The van der Waals surface area contributed by atoms with E-state index in [2.05, 4.69) is 9.82 Å². The second-order valence-corrected chi connectivity index (χ2v) is 5.67. The molecule has 0 aliphatic rings. The Kier molecular flexibility index (Phi) is 3.36. The van der Waals surface area contributed by atoms with Crippen LogP contribution >= 0.6 is 0 Å². The molecule has 2 rings (SSSR count). The van der Waals surface area contributed by atoms with Crippen LogP contribution in [0.15, 0.2) is 35.5 Å². The molecule has 0 saturated heterocycles. The first kappa shape index (κ1) is 13.9. The highest BCUT2D eigenvalue weighted by Crippen LogP contribution is 2.23. The predicted octanol–water partition coefficient (Wildman–Crippen LogP) is 0.625. The molecule has 0 amide bonds. The lowest BCUT2D eigenvalue weighted by atomic mass is 10.2. The van der Waals surface area contributed by atoms with Gasteiger partial charge in [0, 0.05) is 18.9 Å². The second kappa shape index (κ2) is 4.85. The van der Waals surface area contributed by atoms with Crippen LogP contribution in [-0.2, 0) is 17.1 Å². The van der Waals surface area contributed by atoms with Crippen LogP contribution < -0.4 is 4.72 Å². The molecule has 0 aliphatic heterocycles. The number of aromatic nitrogens is 2. The largest absolute Gasteiger partial charge is 0.507 e. The molecule has 0 unspecified atom stereocenters. The van der Waals surface area contributed by atoms with E-state index in [-0.39, 0.29) is 10.6 Å². The summed E-state index contributed by atoms with van der Waals surface area (Å²) in [4.78, 5) is 10.8. The summed E-state index contributed by atoms with van der Waals surface area (Å²) in [6.45, 7) is 0. The number of aromatic carboxylic acids is 1. The number of aryl methyl sites for hydroxylation is 1. The van der Waals surface area contributed by atoms with Crippen molar-refractivity contribution in [3.8, 4) is 5.75 Å². The van der Waals surface area contributed by atoms with Gasteiger partial charge in [-0.1, -0.05) is 0 Å². The van der Waals surface area contributed by atoms with E-state index in [1.54, 1.807) is 7.05 Å². The van der Waals surface area contributed by atoms with Gasteiger partial charge in [-0.15, -0.1) is 0 Å². The predicted molar refractivity (Wildman–Crippen MR) is 69.1 cm³/mol. The van der Waals surface area contributed by atoms with Crippen LogP contribution in [0.25, 0.3) is 0 Å². The molecule has 0 aliphatic carbocycles. The minimum atomic E-state index is -3.86. The van der Waals surface area contributed by atoms with Crippen molar-refractivity contribution in [1.29, 1.82) is 0 Å². The number of carboxylic acid groups (broad SMARTS) is 1. The van der Waals surface area contributed by atoms with Crippen molar-refractivity contribution in [2.75, 3.05) is 4.72 Å². The van der Waals surface area contributed by atoms with E-state index in [9.17, 15) is 18.3 Å². The fourth-order valence-corrected chi connectivity index (χ4v) is 2.55. The third kappa shape index (κ3) is 2.72. The molecule has 0 radical (unpaired) electrons. The van der Waals surface area contributed by atoms with E-state index < -0.39 is 27.3 Å². The average molecular weight is 297 g/mol. The summed E-state index contributed by atoms with van der Waals surface area (Å²) in [5.41, 5.74) is -0.361. The summed E-state index contributed by atoms with van der Waals surface area (Å²) in [5.74, 6) is -1.80. The number of aromatic hydroxyl groups is 1. The zero-order valence-electron chi connectivity index (χ0n) is 10.3. The molecule has 106 valence electrons. The zero-order chi connectivity index (χ0) is 14.9. The number of sulfonamides is 1. The summed E-state index contributed by atoms with van der Waals surface area (Å²) in [6, 6.07) is 3.39. The quantitative estimate of drug-likeness (QED) is 0.711. The molecule has 9 heteroatoms. The van der Waals surface area contributed by atoms with Crippen LogP contribution in [0, 0.1) is 0 Å². The Morgan fingerprint density at radius 3 is 2.65 bits per heavy atom. The summed E-state index contributed by atoms with van der Waals surface area (Å²) in [5, 5.41) is 22.0. The number of hydrogen-bond acceptors (Lipinski definition) is 5. The van der Waals surface area contributed by atoms with E-state index in [0.29, 0.717) is 0 Å². The van der Waals surface area contributed by atoms with Crippen molar-refractivity contribution in [1.82, 2.24) is 9.78 Å². The van der Waals surface area contributed by atoms with E-state index in [1.165, 1.54) is 23.1 Å². The van der Waals surface area contributed by atoms with Gasteiger partial charge in [0.1, 0.15) is 16.2 Å². The lowest BCUT2D eigenvalue weighted by Crippen LogP contribution is -2.12. The van der Waals surface area contributed by atoms with Crippen LogP contribution in [0.1, 0.15) is 10.4 Å². The standard InChI is InChI=1S/C11H11N3O5S/c1-14-6-8(5-12-14)20(18,19)13-7-2-3-10(15)9(4-7)11(16)17/h2-6,13,15H,1H3,(H,16,17). The Morgan fingerprint density at radius 2 is 2.10 bits per heavy atom. The monoisotopic (exact) mass is 297 g/mol. The SMILES string of the molecule is Cn1cc(S(=O)(=O)Nc2ccc(O)c(C(=O)O)c2)cn1. The minimum Gasteiger partial charge on any atom is -0.507 e. The van der Waals surface area contributed by atoms with Crippen LogP contribution in [-0.4, -0.2) is 34.4 Å². The Labute approximate surface area is 114 Å². The average Bonchev–Trinajstić information content (AvgIpc) is 2.78. The number of benzene rings is 1. The molecular weight excluding hydrogens is 286 g/mol. The molecular formula is C11H11N3O5S. The molecule has 0 atom stereocenters. The topological polar surface area (TPSA) is 122 Å². The Bertz CT molecular complexity index is 766. The third-order valence-electron chi connectivity index (χ3n) is 2.47. The Morgan fingerprint density at radius 1 is 1.40 bits per heavy atom. The lowest BCUT2D eigenvalue weighted by molar-refractivity contribution is 0.0694. The van der Waals surface area contributed by atoms with Gasteiger partial charge in [0.05, 0.1) is 6.20 Å². The van der Waals surface area contributed by atoms with Gasteiger partial charge in [-0.05, 0) is 18.2 Å². The molecule has 0 spiro atoms. The normalized spacial score (nSPS) is 11.2. The maximum atomic E-state index is 12.0. The van der Waals surface area contributed by atoms with Crippen molar-refractivity contribution < 1.29 is 23.4 Å². The zero-order valence-corrected chi connectivity index (χ0v) is 11.1. The van der Waals surface area contributed by atoms with Crippen molar-refractivity contribution in [3.05, 3.63) is 36.2 Å². The maximum Gasteiger partial charge on any atom is 0.339 e. The maximum absolute atomic E-state index is 12.0. The van der Waals surface area contributed by atoms with Gasteiger partial charge in [0.25, 0.3) is 10.0 Å². The molecule has 0 bridgehead atoms. The molecule has 0 fully saturated rings. The number of nitrogens with one attached hydrogen (secondary N) is 1. The van der Waals surface area contributed by atoms with Crippen molar-refractivity contribution in [3.63, 3.8) is 0 Å². The van der Waals surface area contributed by atoms with Crippen LogP contribution in [0.3, 0.4) is 0 Å². The molecule has 1 heterocycles. The number of carboxylic acids is 1. The first-order valence-electron chi connectivity index (χ1n) is 5.37. The number of phenols is 1. The molecule has 8 nitrogen and oxygen atoms in total. The summed E-state index contributed by atoms with van der Waals surface area (Å²) in [7, 11) is -2.28. The third-order valence-corrected chi connectivity index (χ3v) is 3.81. The van der Waals surface area contributed by atoms with Gasteiger partial charge >= 0.3 is 5.97 Å². The molecule has 1 aromatic heterocycles. The minimum absolute atomic E-state index is 0.0315. The van der Waals surface area contributed by atoms with Crippen molar-refractivity contribution in [2.45, 2.75) is 4.90 Å². The van der Waals surface area contributed by atoms with E-state index >= 15 is 0 Å². The van der Waals surface area contributed by atoms with Crippen LogP contribution in [0.2, 0.25) is 0 Å². The number of anilines is 1. The molecule has 20 heavy (non-hydrogen) atoms. The van der Waals surface area contributed by atoms with Gasteiger partial charge in [0.2, 0.25) is 0 Å². The first-order chi connectivity index (χ1) is 9.29. The van der Waals surface area contributed by atoms with E-state index in [4.69, 9.17) is 5.11 Å². The number of hydrogen-bond donors (Lipinski definition) is 3. The van der Waals surface area contributed by atoms with Gasteiger partial charge < -0.3 is 10.2 Å².